The smallest absolute Gasteiger partial charge is 0.324 e. The van der Waals surface area contributed by atoms with Gasteiger partial charge in [0, 0.05) is 28.7 Å². The van der Waals surface area contributed by atoms with Gasteiger partial charge in [-0.25, -0.2) is 14.8 Å². The van der Waals surface area contributed by atoms with E-state index in [4.69, 9.17) is 4.52 Å². The highest BCUT2D eigenvalue weighted by Crippen LogP contribution is 2.25. The van der Waals surface area contributed by atoms with E-state index < -0.39 is 6.03 Å². The number of urea groups is 1. The molecule has 31 heavy (non-hydrogen) atoms. The molecule has 2 amide bonds. The Bertz CT molecular complexity index is 1250. The molecule has 4 rings (SSSR count). The normalized spacial score (nSPS) is 11.2. The summed E-state index contributed by atoms with van der Waals surface area (Å²) >= 11 is 1.50. The molecule has 158 valence electrons. The standard InChI is InChI=1S/C22H22N6O2S/c1-22(2,3)18-11-19(28-30-18)27-21(29)26-15-8-6-14(7-9-15)17-12-31-20-16(24-13-25-17)5-4-10-23-20/h4-13H,1-3H3,(H,24,25)(H2,26,27,28,29). The first-order valence-electron chi connectivity index (χ1n) is 9.65. The first kappa shape index (κ1) is 20.5. The van der Waals surface area contributed by atoms with Crippen molar-refractivity contribution in [3.63, 3.8) is 0 Å². The molecule has 0 spiro atoms. The van der Waals surface area contributed by atoms with Crippen LogP contribution in [-0.4, -0.2) is 26.1 Å². The molecule has 0 bridgehead atoms. The molecular formula is C22H22N6O2S. The fourth-order valence-electron chi connectivity index (χ4n) is 2.74. The highest BCUT2D eigenvalue weighted by molar-refractivity contribution is 7.16. The highest BCUT2D eigenvalue weighted by Gasteiger charge is 2.20. The summed E-state index contributed by atoms with van der Waals surface area (Å²) in [5.41, 5.74) is 3.14. The minimum absolute atomic E-state index is 0.180. The molecular weight excluding hydrogens is 412 g/mol. The number of fused-ring (bicyclic) bond motifs is 1. The van der Waals surface area contributed by atoms with E-state index in [9.17, 15) is 4.79 Å². The van der Waals surface area contributed by atoms with Crippen molar-refractivity contribution in [3.8, 4) is 11.3 Å². The van der Waals surface area contributed by atoms with E-state index in [0.717, 1.165) is 21.6 Å². The van der Waals surface area contributed by atoms with Crippen LogP contribution in [-0.2, 0) is 5.41 Å². The Morgan fingerprint density at radius 3 is 2.65 bits per heavy atom. The van der Waals surface area contributed by atoms with Gasteiger partial charge in [-0.3, -0.25) is 5.32 Å². The Morgan fingerprint density at radius 2 is 1.90 bits per heavy atom. The average Bonchev–Trinajstić information content (AvgIpc) is 3.18. The molecule has 9 heteroatoms. The second-order valence-electron chi connectivity index (χ2n) is 7.86. The average molecular weight is 435 g/mol. The maximum Gasteiger partial charge on any atom is 0.324 e. The number of hydrogen-bond acceptors (Lipinski definition) is 6. The van der Waals surface area contributed by atoms with Crippen molar-refractivity contribution in [2.45, 2.75) is 26.2 Å². The number of nitrogens with zero attached hydrogens (tertiary/aromatic N) is 3. The van der Waals surface area contributed by atoms with Gasteiger partial charge in [0.2, 0.25) is 0 Å². The van der Waals surface area contributed by atoms with Crippen molar-refractivity contribution in [1.29, 1.82) is 0 Å². The second-order valence-corrected chi connectivity index (χ2v) is 8.72. The Labute approximate surface area is 183 Å². The predicted octanol–water partition coefficient (Wildman–Crippen LogP) is 5.74. The highest BCUT2D eigenvalue weighted by atomic mass is 32.1. The van der Waals surface area contributed by atoms with Gasteiger partial charge in [0.05, 0.1) is 12.0 Å². The summed E-state index contributed by atoms with van der Waals surface area (Å²) < 4.78 is 5.28. The fraction of sp³-hybridized carbons (Fsp3) is 0.182. The minimum atomic E-state index is -0.393. The van der Waals surface area contributed by atoms with Gasteiger partial charge in [-0.2, -0.15) is 0 Å². The summed E-state index contributed by atoms with van der Waals surface area (Å²) in [5, 5.41) is 11.3. The van der Waals surface area contributed by atoms with Gasteiger partial charge in [-0.1, -0.05) is 38.1 Å². The van der Waals surface area contributed by atoms with Crippen LogP contribution in [0.3, 0.4) is 0 Å². The van der Waals surface area contributed by atoms with Crippen molar-refractivity contribution in [2.24, 2.45) is 0 Å². The zero-order chi connectivity index (χ0) is 21.8. The van der Waals surface area contributed by atoms with Crippen molar-refractivity contribution >= 4 is 39.2 Å². The number of anilines is 2. The second kappa shape index (κ2) is 8.57. The van der Waals surface area contributed by atoms with Crippen LogP contribution in [0.1, 0.15) is 26.5 Å². The minimum Gasteiger partial charge on any atom is -0.359 e. The Hall–Kier alpha value is -3.72. The number of hydrogen-bond donors (Lipinski definition) is 3. The van der Waals surface area contributed by atoms with Crippen molar-refractivity contribution in [1.82, 2.24) is 20.1 Å². The van der Waals surface area contributed by atoms with Crippen LogP contribution in [0.2, 0.25) is 0 Å². The lowest BCUT2D eigenvalue weighted by atomic mass is 9.93. The van der Waals surface area contributed by atoms with Crippen molar-refractivity contribution in [3.05, 3.63) is 66.1 Å². The van der Waals surface area contributed by atoms with Crippen molar-refractivity contribution in [2.75, 3.05) is 10.6 Å². The molecule has 3 aromatic heterocycles. The molecule has 0 saturated carbocycles. The quantitative estimate of drug-likeness (QED) is 0.381. The molecule has 8 nitrogen and oxygen atoms in total. The van der Waals surface area contributed by atoms with E-state index in [1.165, 1.54) is 11.3 Å². The largest absolute Gasteiger partial charge is 0.359 e. The van der Waals surface area contributed by atoms with Gasteiger partial charge in [0.15, 0.2) is 5.82 Å². The third-order valence-corrected chi connectivity index (χ3v) is 5.30. The molecule has 1 aromatic carbocycles. The molecule has 0 atom stereocenters. The first-order chi connectivity index (χ1) is 14.9. The Kier molecular flexibility index (Phi) is 5.68. The Morgan fingerprint density at radius 1 is 1.10 bits per heavy atom. The first-order valence-corrected chi connectivity index (χ1v) is 10.5. The molecule has 3 heterocycles. The summed E-state index contributed by atoms with van der Waals surface area (Å²) in [5.74, 6) is 1.07. The molecule has 4 aromatic rings. The summed E-state index contributed by atoms with van der Waals surface area (Å²) in [7, 11) is 0. The van der Waals surface area contributed by atoms with Gasteiger partial charge in [0.25, 0.3) is 0 Å². The lowest BCUT2D eigenvalue weighted by Gasteiger charge is -2.12. The number of aromatic nitrogens is 4. The SMILES string of the molecule is CC(C)(C)c1cc(NC(=O)Nc2ccc(-c3csc4ncccc4nc[nH]3)cc2)no1. The summed E-state index contributed by atoms with van der Waals surface area (Å²) in [4.78, 5) is 25.1. The summed E-state index contributed by atoms with van der Waals surface area (Å²) in [6, 6.07) is 12.6. The maximum atomic E-state index is 12.3. The van der Waals surface area contributed by atoms with Gasteiger partial charge < -0.3 is 14.8 Å². The van der Waals surface area contributed by atoms with Crippen LogP contribution < -0.4 is 10.6 Å². The topological polar surface area (TPSA) is 109 Å². The third kappa shape index (κ3) is 5.07. The van der Waals surface area contributed by atoms with Crippen LogP contribution in [0.15, 0.2) is 64.9 Å². The van der Waals surface area contributed by atoms with Gasteiger partial charge in [-0.15, -0.1) is 11.3 Å². The van der Waals surface area contributed by atoms with Gasteiger partial charge in [-0.05, 0) is 29.8 Å². The summed E-state index contributed by atoms with van der Waals surface area (Å²) in [6.07, 6.45) is 3.40. The number of carbonyl (C=O) groups excluding carboxylic acids is 1. The fourth-order valence-corrected chi connectivity index (χ4v) is 3.54. The molecule has 0 aliphatic carbocycles. The lowest BCUT2D eigenvalue weighted by Crippen LogP contribution is -2.19. The van der Waals surface area contributed by atoms with Crippen molar-refractivity contribution < 1.29 is 9.32 Å². The number of amides is 2. The summed E-state index contributed by atoms with van der Waals surface area (Å²) in [6.45, 7) is 6.04. The molecule has 0 saturated heterocycles. The zero-order valence-corrected chi connectivity index (χ0v) is 18.2. The number of aromatic amines is 1. The molecule has 3 N–H and O–H groups in total. The predicted molar refractivity (Wildman–Crippen MR) is 123 cm³/mol. The number of rotatable bonds is 3. The third-order valence-electron chi connectivity index (χ3n) is 4.41. The zero-order valence-electron chi connectivity index (χ0n) is 17.3. The lowest BCUT2D eigenvalue weighted by molar-refractivity contribution is 0.262. The van der Waals surface area contributed by atoms with Gasteiger partial charge >= 0.3 is 6.03 Å². The molecule has 0 aliphatic rings. The Balaban J connectivity index is 1.45. The number of pyridine rings is 1. The van der Waals surface area contributed by atoms with Gasteiger partial charge in [0.1, 0.15) is 16.1 Å². The van der Waals surface area contributed by atoms with E-state index in [0.29, 0.717) is 17.3 Å². The van der Waals surface area contributed by atoms with E-state index in [2.05, 4.69) is 30.7 Å². The molecule has 0 fully saturated rings. The monoisotopic (exact) mass is 434 g/mol. The van der Waals surface area contributed by atoms with Crippen LogP contribution in [0.5, 0.6) is 0 Å². The number of benzene rings is 1. The van der Waals surface area contributed by atoms with Crippen LogP contribution in [0.4, 0.5) is 16.3 Å². The van der Waals surface area contributed by atoms with E-state index in [1.54, 1.807) is 18.6 Å². The molecule has 0 unspecified atom stereocenters. The number of H-pyrrole nitrogens is 1. The van der Waals surface area contributed by atoms with Crippen LogP contribution >= 0.6 is 11.3 Å². The molecule has 0 aliphatic heterocycles. The maximum absolute atomic E-state index is 12.3. The number of nitrogens with one attached hydrogen (secondary N) is 3. The van der Waals surface area contributed by atoms with E-state index >= 15 is 0 Å². The van der Waals surface area contributed by atoms with E-state index in [1.807, 2.05) is 62.5 Å². The number of carbonyl (C=O) groups is 1. The van der Waals surface area contributed by atoms with Crippen LogP contribution in [0, 0.1) is 0 Å². The molecule has 0 radical (unpaired) electrons. The van der Waals surface area contributed by atoms with Crippen LogP contribution in [0.25, 0.3) is 21.6 Å². The van der Waals surface area contributed by atoms with E-state index in [-0.39, 0.29) is 5.41 Å².